The fourth-order valence-electron chi connectivity index (χ4n) is 2.86. The van der Waals surface area contributed by atoms with E-state index in [1.54, 1.807) is 53.1 Å². The summed E-state index contributed by atoms with van der Waals surface area (Å²) < 4.78 is 11.5. The summed E-state index contributed by atoms with van der Waals surface area (Å²) in [6, 6.07) is 23.9. The third kappa shape index (κ3) is 9.68. The van der Waals surface area contributed by atoms with Crippen LogP contribution in [0.1, 0.15) is 0 Å². The van der Waals surface area contributed by atoms with Gasteiger partial charge in [-0.05, 0) is 73.2 Å². The molecular weight excluding hydrogens is 505 g/mol. The number of ether oxygens (including phenoxy) is 2. The first-order valence-corrected chi connectivity index (χ1v) is 15.2. The average molecular weight is 535 g/mol. The lowest BCUT2D eigenvalue weighted by atomic mass is 10.3. The third-order valence-electron chi connectivity index (χ3n) is 4.69. The van der Waals surface area contributed by atoms with Gasteiger partial charge in [0, 0.05) is 37.2 Å². The van der Waals surface area contributed by atoms with Gasteiger partial charge in [-0.25, -0.2) is 0 Å². The van der Waals surface area contributed by atoms with E-state index in [2.05, 4.69) is 61.0 Å². The Morgan fingerprint density at radius 3 is 1.38 bits per heavy atom. The van der Waals surface area contributed by atoms with Crippen LogP contribution in [-0.4, -0.2) is 59.7 Å². The molecule has 2 atom stereocenters. The molecule has 0 fully saturated rings. The zero-order valence-electron chi connectivity index (χ0n) is 19.3. The summed E-state index contributed by atoms with van der Waals surface area (Å²) in [6.45, 7) is 0.405. The number of hydrogen-bond donors (Lipinski definition) is 2. The van der Waals surface area contributed by atoms with Crippen molar-refractivity contribution >= 4 is 47.0 Å². The molecule has 4 nitrogen and oxygen atoms in total. The Morgan fingerprint density at radius 2 is 1.00 bits per heavy atom. The van der Waals surface area contributed by atoms with Gasteiger partial charge in [-0.1, -0.05) is 6.07 Å². The van der Waals surface area contributed by atoms with E-state index in [0.29, 0.717) is 23.0 Å². The first-order valence-electron chi connectivity index (χ1n) is 10.8. The van der Waals surface area contributed by atoms with E-state index in [9.17, 15) is 10.2 Å². The van der Waals surface area contributed by atoms with Crippen molar-refractivity contribution in [2.24, 2.45) is 0 Å². The van der Waals surface area contributed by atoms with Gasteiger partial charge >= 0.3 is 0 Å². The van der Waals surface area contributed by atoms with Crippen molar-refractivity contribution in [3.05, 3.63) is 72.8 Å². The molecule has 0 aromatic heterocycles. The molecular formula is C26H30O4S4. The first-order chi connectivity index (χ1) is 16.6. The number of thioether (sulfide) groups is 4. The summed E-state index contributed by atoms with van der Waals surface area (Å²) >= 11 is 6.64. The fourth-order valence-corrected chi connectivity index (χ4v) is 5.30. The molecule has 3 aromatic carbocycles. The molecule has 2 N–H and O–H groups in total. The molecule has 0 heterocycles. The molecule has 34 heavy (non-hydrogen) atoms. The van der Waals surface area contributed by atoms with Gasteiger partial charge in [0.1, 0.15) is 24.7 Å². The van der Waals surface area contributed by atoms with Gasteiger partial charge < -0.3 is 19.7 Å². The molecule has 0 bridgehead atoms. The molecule has 3 rings (SSSR count). The van der Waals surface area contributed by atoms with Crippen molar-refractivity contribution in [1.82, 2.24) is 0 Å². The lowest BCUT2D eigenvalue weighted by Gasteiger charge is -2.15. The van der Waals surface area contributed by atoms with Gasteiger partial charge in [-0.3, -0.25) is 0 Å². The third-order valence-corrected chi connectivity index (χ3v) is 8.49. The van der Waals surface area contributed by atoms with Crippen molar-refractivity contribution in [2.75, 3.05) is 37.2 Å². The number of rotatable bonds is 14. The molecule has 0 aliphatic carbocycles. The van der Waals surface area contributed by atoms with Crippen molar-refractivity contribution in [1.29, 1.82) is 0 Å². The zero-order valence-corrected chi connectivity index (χ0v) is 22.5. The van der Waals surface area contributed by atoms with E-state index in [0.717, 1.165) is 9.79 Å². The van der Waals surface area contributed by atoms with E-state index in [4.69, 9.17) is 9.47 Å². The summed E-state index contributed by atoms with van der Waals surface area (Å²) in [7, 11) is 0. The number of aliphatic hydroxyl groups excluding tert-OH is 2. The van der Waals surface area contributed by atoms with Crippen molar-refractivity contribution in [2.45, 2.75) is 31.8 Å². The standard InChI is InChI=1S/C26H30O4S4/c1-31-23-6-10-25(11-7-23)33-17-19(27)15-29-21-4-3-5-22(14-21)30-16-20(28)18-34-26-12-8-24(32-2)9-13-26/h3-14,19-20,27-28H,15-18H2,1-2H3. The van der Waals surface area contributed by atoms with Gasteiger partial charge in [0.2, 0.25) is 0 Å². The summed E-state index contributed by atoms with van der Waals surface area (Å²) in [4.78, 5) is 4.70. The van der Waals surface area contributed by atoms with E-state index in [1.165, 1.54) is 9.79 Å². The second-order valence-electron chi connectivity index (χ2n) is 7.38. The Hall–Kier alpha value is -1.42. The van der Waals surface area contributed by atoms with E-state index in [1.807, 2.05) is 18.2 Å². The first kappa shape index (κ1) is 27.2. The van der Waals surface area contributed by atoms with Crippen LogP contribution in [0.3, 0.4) is 0 Å². The Morgan fingerprint density at radius 1 is 0.618 bits per heavy atom. The van der Waals surface area contributed by atoms with Crippen molar-refractivity contribution < 1.29 is 19.7 Å². The van der Waals surface area contributed by atoms with E-state index >= 15 is 0 Å². The molecule has 0 aliphatic rings. The maximum absolute atomic E-state index is 10.3. The van der Waals surface area contributed by atoms with E-state index < -0.39 is 12.2 Å². The molecule has 0 aliphatic heterocycles. The van der Waals surface area contributed by atoms with Crippen molar-refractivity contribution in [3.8, 4) is 11.5 Å². The molecule has 182 valence electrons. The normalized spacial score (nSPS) is 12.8. The van der Waals surface area contributed by atoms with Crippen LogP contribution in [0.25, 0.3) is 0 Å². The predicted molar refractivity (Wildman–Crippen MR) is 147 cm³/mol. The van der Waals surface area contributed by atoms with Gasteiger partial charge in [-0.15, -0.1) is 47.0 Å². The zero-order chi connectivity index (χ0) is 24.2. The Bertz CT molecular complexity index is 906. The lowest BCUT2D eigenvalue weighted by molar-refractivity contribution is 0.122. The summed E-state index contributed by atoms with van der Waals surface area (Å²) in [5.74, 6) is 2.37. The summed E-state index contributed by atoms with van der Waals surface area (Å²) in [6.07, 6.45) is 2.94. The smallest absolute Gasteiger partial charge is 0.123 e. The molecule has 3 aromatic rings. The largest absolute Gasteiger partial charge is 0.491 e. The van der Waals surface area contributed by atoms with Crippen LogP contribution >= 0.6 is 47.0 Å². The Labute approximate surface area is 219 Å². The minimum Gasteiger partial charge on any atom is -0.491 e. The van der Waals surface area contributed by atoms with Crippen LogP contribution in [0.5, 0.6) is 11.5 Å². The molecule has 0 spiro atoms. The van der Waals surface area contributed by atoms with Gasteiger partial charge in [-0.2, -0.15) is 0 Å². The van der Waals surface area contributed by atoms with Crippen LogP contribution in [0.4, 0.5) is 0 Å². The second-order valence-corrected chi connectivity index (χ2v) is 11.3. The van der Waals surface area contributed by atoms with E-state index in [-0.39, 0.29) is 13.2 Å². The highest BCUT2D eigenvalue weighted by Crippen LogP contribution is 2.25. The van der Waals surface area contributed by atoms with Crippen molar-refractivity contribution in [3.63, 3.8) is 0 Å². The highest BCUT2D eigenvalue weighted by molar-refractivity contribution is 8.00. The number of benzene rings is 3. The SMILES string of the molecule is CSc1ccc(SCC(O)COc2cccc(OCC(O)CSc3ccc(SC)cc3)c2)cc1. The lowest BCUT2D eigenvalue weighted by Crippen LogP contribution is -2.20. The fraction of sp³-hybridized carbons (Fsp3) is 0.308. The minimum absolute atomic E-state index is 0.202. The second kappa shape index (κ2) is 14.9. The summed E-state index contributed by atoms with van der Waals surface area (Å²) in [5.41, 5.74) is 0. The monoisotopic (exact) mass is 534 g/mol. The van der Waals surface area contributed by atoms with Crippen LogP contribution < -0.4 is 9.47 Å². The maximum atomic E-state index is 10.3. The molecule has 0 amide bonds. The van der Waals surface area contributed by atoms with Crippen LogP contribution in [0.2, 0.25) is 0 Å². The quantitative estimate of drug-likeness (QED) is 0.237. The van der Waals surface area contributed by atoms with Gasteiger partial charge in [0.25, 0.3) is 0 Å². The Balaban J connectivity index is 1.36. The average Bonchev–Trinajstić information content (AvgIpc) is 2.89. The minimum atomic E-state index is -0.585. The molecule has 0 saturated heterocycles. The maximum Gasteiger partial charge on any atom is 0.123 e. The molecule has 0 radical (unpaired) electrons. The molecule has 0 saturated carbocycles. The van der Waals surface area contributed by atoms with Crippen LogP contribution in [-0.2, 0) is 0 Å². The molecule has 2 unspecified atom stereocenters. The van der Waals surface area contributed by atoms with Gasteiger partial charge in [0.05, 0.1) is 12.2 Å². The summed E-state index contributed by atoms with van der Waals surface area (Å²) in [5, 5.41) is 20.6. The molecule has 8 heteroatoms. The highest BCUT2D eigenvalue weighted by atomic mass is 32.2. The topological polar surface area (TPSA) is 58.9 Å². The number of aliphatic hydroxyl groups is 2. The Kier molecular flexibility index (Phi) is 11.9. The number of hydrogen-bond acceptors (Lipinski definition) is 8. The van der Waals surface area contributed by atoms with Gasteiger partial charge in [0.15, 0.2) is 0 Å². The van der Waals surface area contributed by atoms with Crippen LogP contribution in [0, 0.1) is 0 Å². The predicted octanol–water partition coefficient (Wildman–Crippen LogP) is 6.19. The van der Waals surface area contributed by atoms with Crippen LogP contribution in [0.15, 0.2) is 92.4 Å². The highest BCUT2D eigenvalue weighted by Gasteiger charge is 2.09.